The molecule has 2 aromatic heterocycles. The van der Waals surface area contributed by atoms with Crippen LogP contribution >= 0.6 is 11.3 Å². The van der Waals surface area contributed by atoms with Crippen LogP contribution in [0.3, 0.4) is 0 Å². The number of thiazole rings is 1. The first kappa shape index (κ1) is 18.1. The highest BCUT2D eigenvalue weighted by Gasteiger charge is 2.13. The van der Waals surface area contributed by atoms with Crippen molar-refractivity contribution in [3.63, 3.8) is 0 Å². The van der Waals surface area contributed by atoms with Crippen molar-refractivity contribution >= 4 is 28.3 Å². The Balaban J connectivity index is 1.67. The first-order valence-corrected chi connectivity index (χ1v) is 9.82. The summed E-state index contributed by atoms with van der Waals surface area (Å²) in [5.41, 5.74) is 1.88. The fourth-order valence-electron chi connectivity index (χ4n) is 2.83. The van der Waals surface area contributed by atoms with Gasteiger partial charge in [-0.3, -0.25) is 4.79 Å². The maximum absolute atomic E-state index is 12.5. The molecule has 0 saturated carbocycles. The van der Waals surface area contributed by atoms with E-state index in [0.29, 0.717) is 35.4 Å². The summed E-state index contributed by atoms with van der Waals surface area (Å²) >= 11 is 1.48. The van der Waals surface area contributed by atoms with Gasteiger partial charge in [0.25, 0.3) is 0 Å². The number of aromatic nitrogens is 1. The summed E-state index contributed by atoms with van der Waals surface area (Å²) < 4.78 is 10.7. The lowest BCUT2D eigenvalue weighted by Crippen LogP contribution is -2.07. The van der Waals surface area contributed by atoms with E-state index in [1.807, 2.05) is 42.6 Å². The van der Waals surface area contributed by atoms with Crippen LogP contribution < -0.4 is 10.4 Å². The minimum absolute atomic E-state index is 0.309. The topological polar surface area (TPSA) is 69.4 Å². The monoisotopic (exact) mass is 391 g/mol. The van der Waals surface area contributed by atoms with Crippen LogP contribution in [0.15, 0.2) is 69.2 Å². The van der Waals surface area contributed by atoms with Crippen LogP contribution in [-0.2, 0) is 4.79 Å². The van der Waals surface area contributed by atoms with Gasteiger partial charge in [-0.15, -0.1) is 11.3 Å². The molecule has 0 bridgehead atoms. The smallest absolute Gasteiger partial charge is 0.345 e. The maximum atomic E-state index is 12.5. The van der Waals surface area contributed by atoms with Gasteiger partial charge in [0.05, 0.1) is 11.3 Å². The van der Waals surface area contributed by atoms with Crippen molar-refractivity contribution in [3.8, 4) is 27.6 Å². The van der Waals surface area contributed by atoms with Gasteiger partial charge < -0.3 is 9.15 Å². The number of fused-ring (bicyclic) bond motifs is 1. The van der Waals surface area contributed by atoms with Crippen LogP contribution in [0.2, 0.25) is 0 Å². The molecule has 140 valence electrons. The van der Waals surface area contributed by atoms with Crippen LogP contribution in [0.5, 0.6) is 5.75 Å². The summed E-state index contributed by atoms with van der Waals surface area (Å²) in [5, 5.41) is 3.42. The van der Waals surface area contributed by atoms with E-state index in [1.165, 1.54) is 11.3 Å². The van der Waals surface area contributed by atoms with Crippen LogP contribution in [-0.4, -0.2) is 11.0 Å². The lowest BCUT2D eigenvalue weighted by molar-refractivity contribution is -0.134. The molecular weight excluding hydrogens is 374 g/mol. The molecule has 0 unspecified atom stereocenters. The van der Waals surface area contributed by atoms with Gasteiger partial charge >= 0.3 is 11.6 Å². The average molecular weight is 391 g/mol. The molecule has 0 aliphatic heterocycles. The van der Waals surface area contributed by atoms with E-state index >= 15 is 0 Å². The second-order valence-electron chi connectivity index (χ2n) is 6.28. The van der Waals surface area contributed by atoms with Gasteiger partial charge in [-0.1, -0.05) is 37.3 Å². The Bertz CT molecular complexity index is 1190. The molecule has 0 fully saturated rings. The molecule has 5 nitrogen and oxygen atoms in total. The van der Waals surface area contributed by atoms with E-state index in [2.05, 4.69) is 4.98 Å². The zero-order valence-corrected chi connectivity index (χ0v) is 16.0. The fraction of sp³-hybridized carbons (Fsp3) is 0.136. The van der Waals surface area contributed by atoms with Crippen molar-refractivity contribution in [1.82, 2.24) is 4.98 Å². The number of benzene rings is 2. The normalized spacial score (nSPS) is 10.9. The molecular formula is C22H17NO4S. The predicted molar refractivity (Wildman–Crippen MR) is 110 cm³/mol. The molecule has 0 saturated heterocycles. The average Bonchev–Trinajstić information content (AvgIpc) is 3.18. The van der Waals surface area contributed by atoms with E-state index in [1.54, 1.807) is 24.3 Å². The Morgan fingerprint density at radius 1 is 1.14 bits per heavy atom. The first-order valence-electron chi connectivity index (χ1n) is 8.94. The molecule has 0 aliphatic carbocycles. The zero-order valence-electron chi connectivity index (χ0n) is 15.2. The van der Waals surface area contributed by atoms with Gasteiger partial charge in [-0.2, -0.15) is 0 Å². The van der Waals surface area contributed by atoms with Crippen LogP contribution in [0.25, 0.3) is 32.8 Å². The van der Waals surface area contributed by atoms with Gasteiger partial charge in [0, 0.05) is 28.8 Å². The Kier molecular flexibility index (Phi) is 5.04. The predicted octanol–water partition coefficient (Wildman–Crippen LogP) is 5.29. The highest BCUT2D eigenvalue weighted by Crippen LogP contribution is 2.29. The summed E-state index contributed by atoms with van der Waals surface area (Å²) in [4.78, 5) is 28.7. The van der Waals surface area contributed by atoms with Gasteiger partial charge in [-0.25, -0.2) is 9.78 Å². The lowest BCUT2D eigenvalue weighted by Gasteiger charge is -2.05. The number of ether oxygens (including phenoxy) is 1. The molecule has 6 heteroatoms. The van der Waals surface area contributed by atoms with E-state index in [9.17, 15) is 9.59 Å². The third kappa shape index (κ3) is 3.73. The number of nitrogens with zero attached hydrogens (tertiary/aromatic N) is 1. The standard InChI is InChI=1S/C22H17NO4S/c1-2-6-20(24)26-16-10-9-15-11-17(22(25)27-19(15)12-16)18-13-28-21(23-18)14-7-4-3-5-8-14/h3-5,7-13H,2,6H2,1H3. The number of hydrogen-bond donors (Lipinski definition) is 0. The van der Waals surface area contributed by atoms with E-state index in [0.717, 1.165) is 16.0 Å². The van der Waals surface area contributed by atoms with Crippen molar-refractivity contribution < 1.29 is 13.9 Å². The minimum atomic E-state index is -0.477. The van der Waals surface area contributed by atoms with Crippen LogP contribution in [0.1, 0.15) is 19.8 Å². The highest BCUT2D eigenvalue weighted by atomic mass is 32.1. The number of rotatable bonds is 5. The van der Waals surface area contributed by atoms with Gasteiger partial charge in [0.1, 0.15) is 16.3 Å². The summed E-state index contributed by atoms with van der Waals surface area (Å²) in [6, 6.07) is 16.6. The Labute approximate surface area is 165 Å². The van der Waals surface area contributed by atoms with Crippen molar-refractivity contribution in [2.45, 2.75) is 19.8 Å². The second-order valence-corrected chi connectivity index (χ2v) is 7.13. The second kappa shape index (κ2) is 7.78. The largest absolute Gasteiger partial charge is 0.426 e. The molecule has 0 amide bonds. The molecule has 0 atom stereocenters. The molecule has 0 spiro atoms. The molecule has 28 heavy (non-hydrogen) atoms. The van der Waals surface area contributed by atoms with Gasteiger partial charge in [0.15, 0.2) is 0 Å². The number of esters is 1. The lowest BCUT2D eigenvalue weighted by atomic mass is 10.1. The van der Waals surface area contributed by atoms with Gasteiger partial charge in [-0.05, 0) is 24.6 Å². The third-order valence-corrected chi connectivity index (χ3v) is 5.09. The number of carbonyl (C=O) groups excluding carboxylic acids is 1. The number of hydrogen-bond acceptors (Lipinski definition) is 6. The van der Waals surface area contributed by atoms with Crippen LogP contribution in [0, 0.1) is 0 Å². The summed E-state index contributed by atoms with van der Waals surface area (Å²) in [7, 11) is 0. The quantitative estimate of drug-likeness (QED) is 0.263. The minimum Gasteiger partial charge on any atom is -0.426 e. The molecule has 2 heterocycles. The maximum Gasteiger partial charge on any atom is 0.345 e. The van der Waals surface area contributed by atoms with E-state index in [-0.39, 0.29) is 5.97 Å². The fourth-order valence-corrected chi connectivity index (χ4v) is 3.66. The summed E-state index contributed by atoms with van der Waals surface area (Å²) in [5.74, 6) is 0.0543. The molecule has 0 aliphatic rings. The Hall–Kier alpha value is -3.25. The third-order valence-electron chi connectivity index (χ3n) is 4.19. The first-order chi connectivity index (χ1) is 13.6. The Morgan fingerprint density at radius 2 is 1.96 bits per heavy atom. The zero-order chi connectivity index (χ0) is 19.5. The van der Waals surface area contributed by atoms with Crippen molar-refractivity contribution in [3.05, 3.63) is 70.4 Å². The number of carbonyl (C=O) groups is 1. The highest BCUT2D eigenvalue weighted by molar-refractivity contribution is 7.13. The van der Waals surface area contributed by atoms with Crippen LogP contribution in [0.4, 0.5) is 0 Å². The molecule has 4 aromatic rings. The van der Waals surface area contributed by atoms with E-state index < -0.39 is 5.63 Å². The summed E-state index contributed by atoms with van der Waals surface area (Å²) in [6.45, 7) is 1.91. The summed E-state index contributed by atoms with van der Waals surface area (Å²) in [6.07, 6.45) is 1.05. The molecule has 0 N–H and O–H groups in total. The van der Waals surface area contributed by atoms with Crippen molar-refractivity contribution in [2.24, 2.45) is 0 Å². The van der Waals surface area contributed by atoms with E-state index in [4.69, 9.17) is 9.15 Å². The Morgan fingerprint density at radius 3 is 2.75 bits per heavy atom. The SMILES string of the molecule is CCCC(=O)Oc1ccc2cc(-c3csc(-c4ccccc4)n3)c(=O)oc2c1. The van der Waals surface area contributed by atoms with Crippen molar-refractivity contribution in [1.29, 1.82) is 0 Å². The van der Waals surface area contributed by atoms with Crippen molar-refractivity contribution in [2.75, 3.05) is 0 Å². The molecule has 0 radical (unpaired) electrons. The molecule has 2 aromatic carbocycles. The molecule has 4 rings (SSSR count). The van der Waals surface area contributed by atoms with Gasteiger partial charge in [0.2, 0.25) is 0 Å².